The van der Waals surface area contributed by atoms with E-state index in [2.05, 4.69) is 11.8 Å². The van der Waals surface area contributed by atoms with Crippen LogP contribution in [0.1, 0.15) is 18.9 Å². The fourth-order valence-electron chi connectivity index (χ4n) is 2.56. The van der Waals surface area contributed by atoms with E-state index in [1.807, 2.05) is 12.1 Å². The Labute approximate surface area is 107 Å². The fourth-order valence-corrected chi connectivity index (χ4v) is 2.79. The molecular weight excluding hydrogens is 238 g/mol. The topological polar surface area (TPSA) is 43.7 Å². The number of hydrogen-bond donors (Lipinski definition) is 2. The maximum absolute atomic E-state index is 9.46. The molecule has 0 radical (unpaired) electrons. The van der Waals surface area contributed by atoms with E-state index in [1.54, 1.807) is 6.07 Å². The number of benzene rings is 1. The van der Waals surface area contributed by atoms with Gasteiger partial charge in [0.25, 0.3) is 0 Å². The molecule has 1 fully saturated rings. The van der Waals surface area contributed by atoms with Crippen molar-refractivity contribution in [3.8, 4) is 0 Å². The summed E-state index contributed by atoms with van der Waals surface area (Å²) in [6.45, 7) is 3.11. The highest BCUT2D eigenvalue weighted by Crippen LogP contribution is 2.34. The SMILES string of the molecule is CC1CCN(c2cccc(Cl)c2CO)C1CO. The highest BCUT2D eigenvalue weighted by molar-refractivity contribution is 6.31. The van der Waals surface area contributed by atoms with Crippen LogP contribution in [0.25, 0.3) is 0 Å². The minimum Gasteiger partial charge on any atom is -0.394 e. The van der Waals surface area contributed by atoms with Crippen molar-refractivity contribution < 1.29 is 10.2 Å². The molecule has 2 rings (SSSR count). The second kappa shape index (κ2) is 5.25. The summed E-state index contributed by atoms with van der Waals surface area (Å²) in [6.07, 6.45) is 1.06. The Balaban J connectivity index is 2.37. The lowest BCUT2D eigenvalue weighted by Gasteiger charge is -2.29. The number of aliphatic hydroxyl groups is 2. The molecule has 0 bridgehead atoms. The van der Waals surface area contributed by atoms with Crippen molar-refractivity contribution in [2.24, 2.45) is 5.92 Å². The highest BCUT2D eigenvalue weighted by Gasteiger charge is 2.31. The molecule has 1 aliphatic rings. The minimum absolute atomic E-state index is 0.0714. The zero-order chi connectivity index (χ0) is 12.4. The van der Waals surface area contributed by atoms with Crippen molar-refractivity contribution in [3.05, 3.63) is 28.8 Å². The third kappa shape index (κ3) is 2.28. The smallest absolute Gasteiger partial charge is 0.0716 e. The lowest BCUT2D eigenvalue weighted by molar-refractivity contribution is 0.243. The molecule has 4 heteroatoms. The molecule has 0 aromatic heterocycles. The summed E-state index contributed by atoms with van der Waals surface area (Å²) in [4.78, 5) is 2.15. The van der Waals surface area contributed by atoms with Crippen LogP contribution < -0.4 is 4.90 Å². The fraction of sp³-hybridized carbons (Fsp3) is 0.538. The Morgan fingerprint density at radius 3 is 2.82 bits per heavy atom. The molecular formula is C13H18ClNO2. The molecule has 0 spiro atoms. The van der Waals surface area contributed by atoms with Gasteiger partial charge in [-0.2, -0.15) is 0 Å². The standard InChI is InChI=1S/C13H18ClNO2/c1-9-5-6-15(13(9)8-17)12-4-2-3-11(14)10(12)7-16/h2-4,9,13,16-17H,5-8H2,1H3. The van der Waals surface area contributed by atoms with Crippen molar-refractivity contribution >= 4 is 17.3 Å². The zero-order valence-corrected chi connectivity index (χ0v) is 10.7. The van der Waals surface area contributed by atoms with E-state index in [0.29, 0.717) is 10.9 Å². The van der Waals surface area contributed by atoms with Gasteiger partial charge in [-0.1, -0.05) is 24.6 Å². The van der Waals surface area contributed by atoms with E-state index in [9.17, 15) is 10.2 Å². The molecule has 94 valence electrons. The van der Waals surface area contributed by atoms with E-state index in [4.69, 9.17) is 11.6 Å². The van der Waals surface area contributed by atoms with Crippen LogP contribution in [0.4, 0.5) is 5.69 Å². The average Bonchev–Trinajstić information content (AvgIpc) is 2.69. The first-order valence-corrected chi connectivity index (χ1v) is 6.32. The molecule has 3 nitrogen and oxygen atoms in total. The predicted molar refractivity (Wildman–Crippen MR) is 69.4 cm³/mol. The van der Waals surface area contributed by atoms with Gasteiger partial charge in [-0.05, 0) is 24.5 Å². The Morgan fingerprint density at radius 2 is 2.18 bits per heavy atom. The number of nitrogens with zero attached hydrogens (tertiary/aromatic N) is 1. The maximum Gasteiger partial charge on any atom is 0.0716 e. The molecule has 0 saturated carbocycles. The largest absolute Gasteiger partial charge is 0.394 e. The summed E-state index contributed by atoms with van der Waals surface area (Å²) in [5.41, 5.74) is 1.70. The van der Waals surface area contributed by atoms with Gasteiger partial charge in [0.15, 0.2) is 0 Å². The normalized spacial score (nSPS) is 24.4. The Bertz CT molecular complexity index is 397. The molecule has 0 aliphatic carbocycles. The van der Waals surface area contributed by atoms with E-state index >= 15 is 0 Å². The predicted octanol–water partition coefficient (Wildman–Crippen LogP) is 2.04. The van der Waals surface area contributed by atoms with Crippen LogP contribution in [-0.2, 0) is 6.61 Å². The first kappa shape index (κ1) is 12.7. The van der Waals surface area contributed by atoms with Gasteiger partial charge in [-0.3, -0.25) is 0 Å². The van der Waals surface area contributed by atoms with E-state index in [1.165, 1.54) is 0 Å². The van der Waals surface area contributed by atoms with Gasteiger partial charge in [0.1, 0.15) is 0 Å². The molecule has 1 aliphatic heterocycles. The third-order valence-electron chi connectivity index (χ3n) is 3.63. The van der Waals surface area contributed by atoms with Crippen molar-refractivity contribution in [3.63, 3.8) is 0 Å². The van der Waals surface area contributed by atoms with Gasteiger partial charge >= 0.3 is 0 Å². The molecule has 1 aromatic carbocycles. The molecule has 2 N–H and O–H groups in total. The van der Waals surface area contributed by atoms with Crippen molar-refractivity contribution in [1.82, 2.24) is 0 Å². The van der Waals surface area contributed by atoms with Crippen molar-refractivity contribution in [1.29, 1.82) is 0 Å². The Kier molecular flexibility index (Phi) is 3.92. The van der Waals surface area contributed by atoms with E-state index in [0.717, 1.165) is 24.2 Å². The number of halogens is 1. The number of aliphatic hydroxyl groups excluding tert-OH is 2. The van der Waals surface area contributed by atoms with Crippen LogP contribution in [0, 0.1) is 5.92 Å². The van der Waals surface area contributed by atoms with Crippen molar-refractivity contribution in [2.75, 3.05) is 18.1 Å². The average molecular weight is 256 g/mol. The summed E-state index contributed by atoms with van der Waals surface area (Å²) in [5, 5.41) is 19.5. The summed E-state index contributed by atoms with van der Waals surface area (Å²) < 4.78 is 0. The first-order chi connectivity index (χ1) is 8.19. The number of anilines is 1. The van der Waals surface area contributed by atoms with Crippen LogP contribution in [0.5, 0.6) is 0 Å². The minimum atomic E-state index is -0.0714. The maximum atomic E-state index is 9.46. The zero-order valence-electron chi connectivity index (χ0n) is 9.93. The quantitative estimate of drug-likeness (QED) is 0.869. The van der Waals surface area contributed by atoms with Gasteiger partial charge < -0.3 is 15.1 Å². The van der Waals surface area contributed by atoms with Gasteiger partial charge in [-0.15, -0.1) is 0 Å². The van der Waals surface area contributed by atoms with Crippen LogP contribution in [-0.4, -0.2) is 29.4 Å². The Hall–Kier alpha value is -0.770. The molecule has 1 aromatic rings. The van der Waals surface area contributed by atoms with Gasteiger partial charge in [0.2, 0.25) is 0 Å². The van der Waals surface area contributed by atoms with E-state index < -0.39 is 0 Å². The number of hydrogen-bond acceptors (Lipinski definition) is 3. The van der Waals surface area contributed by atoms with Crippen molar-refractivity contribution in [2.45, 2.75) is 26.0 Å². The van der Waals surface area contributed by atoms with E-state index in [-0.39, 0.29) is 19.3 Å². The van der Waals surface area contributed by atoms with Crippen LogP contribution in [0.3, 0.4) is 0 Å². The second-order valence-electron chi connectivity index (χ2n) is 4.60. The summed E-state index contributed by atoms with van der Waals surface area (Å²) >= 11 is 6.09. The van der Waals surface area contributed by atoms with Gasteiger partial charge in [0.05, 0.1) is 19.3 Å². The van der Waals surface area contributed by atoms with Crippen LogP contribution >= 0.6 is 11.6 Å². The molecule has 1 heterocycles. The molecule has 2 atom stereocenters. The lowest BCUT2D eigenvalue weighted by atomic mass is 10.0. The Morgan fingerprint density at radius 1 is 1.41 bits per heavy atom. The molecule has 1 saturated heterocycles. The molecule has 17 heavy (non-hydrogen) atoms. The van der Waals surface area contributed by atoms with Gasteiger partial charge in [-0.25, -0.2) is 0 Å². The highest BCUT2D eigenvalue weighted by atomic mass is 35.5. The second-order valence-corrected chi connectivity index (χ2v) is 5.01. The third-order valence-corrected chi connectivity index (χ3v) is 3.99. The molecule has 0 amide bonds. The van der Waals surface area contributed by atoms with Crippen LogP contribution in [0.15, 0.2) is 18.2 Å². The first-order valence-electron chi connectivity index (χ1n) is 5.94. The monoisotopic (exact) mass is 255 g/mol. The summed E-state index contributed by atoms with van der Waals surface area (Å²) in [6, 6.07) is 5.75. The number of rotatable bonds is 3. The van der Waals surface area contributed by atoms with Gasteiger partial charge in [0, 0.05) is 22.8 Å². The van der Waals surface area contributed by atoms with Crippen LogP contribution in [0.2, 0.25) is 5.02 Å². The molecule has 2 unspecified atom stereocenters. The lowest BCUT2D eigenvalue weighted by Crippen LogP contribution is -2.35. The summed E-state index contributed by atoms with van der Waals surface area (Å²) in [5.74, 6) is 0.463. The summed E-state index contributed by atoms with van der Waals surface area (Å²) in [7, 11) is 0.